The third kappa shape index (κ3) is 4.73. The van der Waals surface area contributed by atoms with E-state index in [1.54, 1.807) is 32.4 Å². The van der Waals surface area contributed by atoms with Crippen LogP contribution in [0.2, 0.25) is 0 Å². The van der Waals surface area contributed by atoms with Gasteiger partial charge in [-0.3, -0.25) is 9.59 Å². The lowest BCUT2D eigenvalue weighted by Gasteiger charge is -2.35. The number of carbonyl (C=O) groups excluding carboxylic acids is 2. The molecule has 2 aliphatic rings. The maximum atomic E-state index is 12.8. The van der Waals surface area contributed by atoms with Gasteiger partial charge in [-0.05, 0) is 30.5 Å². The van der Waals surface area contributed by atoms with Crippen LogP contribution in [-0.2, 0) is 4.79 Å². The lowest BCUT2D eigenvalue weighted by atomic mass is 10.0. The minimum atomic E-state index is -0.0333. The number of piperazine rings is 1. The number of hydrogen-bond acceptors (Lipinski definition) is 4. The second-order valence-electron chi connectivity index (χ2n) is 7.43. The summed E-state index contributed by atoms with van der Waals surface area (Å²) in [6.07, 6.45) is 6.85. The van der Waals surface area contributed by atoms with Gasteiger partial charge in [-0.15, -0.1) is 0 Å². The lowest BCUT2D eigenvalue weighted by molar-refractivity contribution is -0.133. The van der Waals surface area contributed by atoms with Crippen molar-refractivity contribution in [3.8, 4) is 11.5 Å². The van der Waals surface area contributed by atoms with Gasteiger partial charge >= 0.3 is 0 Å². The van der Waals surface area contributed by atoms with Crippen LogP contribution in [0.25, 0.3) is 0 Å². The molecule has 3 rings (SSSR count). The zero-order valence-electron chi connectivity index (χ0n) is 16.4. The van der Waals surface area contributed by atoms with Crippen molar-refractivity contribution in [1.82, 2.24) is 9.80 Å². The first-order chi connectivity index (χ1) is 13.1. The maximum absolute atomic E-state index is 12.8. The van der Waals surface area contributed by atoms with Gasteiger partial charge in [0.2, 0.25) is 5.91 Å². The van der Waals surface area contributed by atoms with Crippen LogP contribution in [0, 0.1) is 5.92 Å². The summed E-state index contributed by atoms with van der Waals surface area (Å²) in [4.78, 5) is 28.9. The van der Waals surface area contributed by atoms with Crippen molar-refractivity contribution in [2.24, 2.45) is 5.92 Å². The summed E-state index contributed by atoms with van der Waals surface area (Å²) in [5.41, 5.74) is 0.577. The highest BCUT2D eigenvalue weighted by molar-refractivity contribution is 5.95. The van der Waals surface area contributed by atoms with Crippen LogP contribution in [0.4, 0.5) is 0 Å². The summed E-state index contributed by atoms with van der Waals surface area (Å²) < 4.78 is 10.5. The predicted molar refractivity (Wildman–Crippen MR) is 103 cm³/mol. The summed E-state index contributed by atoms with van der Waals surface area (Å²) in [6, 6.07) is 5.21. The van der Waals surface area contributed by atoms with Crippen LogP contribution in [0.1, 0.15) is 48.9 Å². The molecule has 2 fully saturated rings. The van der Waals surface area contributed by atoms with Crippen LogP contribution in [-0.4, -0.2) is 62.0 Å². The molecule has 0 bridgehead atoms. The van der Waals surface area contributed by atoms with Gasteiger partial charge in [-0.25, -0.2) is 0 Å². The molecule has 1 aromatic rings. The molecule has 27 heavy (non-hydrogen) atoms. The van der Waals surface area contributed by atoms with Crippen molar-refractivity contribution in [2.45, 2.75) is 38.5 Å². The van der Waals surface area contributed by atoms with E-state index in [9.17, 15) is 9.59 Å². The Kier molecular flexibility index (Phi) is 6.58. The first kappa shape index (κ1) is 19.5. The minimum Gasteiger partial charge on any atom is -0.493 e. The van der Waals surface area contributed by atoms with Crippen LogP contribution in [0.3, 0.4) is 0 Å². The molecule has 6 nitrogen and oxygen atoms in total. The van der Waals surface area contributed by atoms with Gasteiger partial charge in [-0.1, -0.05) is 25.7 Å². The van der Waals surface area contributed by atoms with E-state index < -0.39 is 0 Å². The van der Waals surface area contributed by atoms with E-state index in [0.29, 0.717) is 49.7 Å². The molecular weight excluding hydrogens is 344 g/mol. The summed E-state index contributed by atoms with van der Waals surface area (Å²) in [6.45, 7) is 2.37. The molecule has 1 saturated carbocycles. The Labute approximate surface area is 161 Å². The quantitative estimate of drug-likeness (QED) is 0.768. The number of rotatable bonds is 6. The van der Waals surface area contributed by atoms with E-state index in [4.69, 9.17) is 9.47 Å². The van der Waals surface area contributed by atoms with Crippen molar-refractivity contribution in [2.75, 3.05) is 40.4 Å². The first-order valence-corrected chi connectivity index (χ1v) is 9.91. The van der Waals surface area contributed by atoms with E-state index in [-0.39, 0.29) is 11.8 Å². The van der Waals surface area contributed by atoms with Crippen molar-refractivity contribution in [3.05, 3.63) is 23.8 Å². The highest BCUT2D eigenvalue weighted by atomic mass is 16.5. The normalized spacial score (nSPS) is 17.9. The summed E-state index contributed by atoms with van der Waals surface area (Å²) in [5, 5.41) is 0. The fraction of sp³-hybridized carbons (Fsp3) is 0.619. The van der Waals surface area contributed by atoms with E-state index >= 15 is 0 Å². The lowest BCUT2D eigenvalue weighted by Crippen LogP contribution is -2.50. The molecule has 1 aliphatic heterocycles. The smallest absolute Gasteiger partial charge is 0.254 e. The highest BCUT2D eigenvalue weighted by Gasteiger charge is 2.26. The third-order valence-electron chi connectivity index (χ3n) is 5.79. The molecule has 6 heteroatoms. The van der Waals surface area contributed by atoms with Gasteiger partial charge in [0.25, 0.3) is 5.91 Å². The van der Waals surface area contributed by atoms with Crippen LogP contribution in [0.15, 0.2) is 18.2 Å². The van der Waals surface area contributed by atoms with Crippen molar-refractivity contribution >= 4 is 11.8 Å². The molecule has 0 N–H and O–H groups in total. The molecule has 1 saturated heterocycles. The average Bonchev–Trinajstić information content (AvgIpc) is 3.24. The molecule has 0 spiro atoms. The molecule has 1 aliphatic carbocycles. The number of ether oxygens (including phenoxy) is 2. The van der Waals surface area contributed by atoms with Gasteiger partial charge in [0.1, 0.15) is 0 Å². The average molecular weight is 374 g/mol. The molecule has 2 amide bonds. The number of amides is 2. The summed E-state index contributed by atoms with van der Waals surface area (Å²) >= 11 is 0. The summed E-state index contributed by atoms with van der Waals surface area (Å²) in [5.74, 6) is 2.09. The van der Waals surface area contributed by atoms with Crippen LogP contribution >= 0.6 is 0 Å². The van der Waals surface area contributed by atoms with E-state index in [1.165, 1.54) is 25.7 Å². The Morgan fingerprint density at radius 2 is 1.59 bits per heavy atom. The van der Waals surface area contributed by atoms with E-state index in [2.05, 4.69) is 0 Å². The Bertz CT molecular complexity index is 662. The first-order valence-electron chi connectivity index (χ1n) is 9.91. The molecular formula is C21H30N2O4. The number of benzene rings is 1. The maximum Gasteiger partial charge on any atom is 0.254 e. The number of nitrogens with zero attached hydrogens (tertiary/aromatic N) is 2. The van der Waals surface area contributed by atoms with E-state index in [1.807, 2.05) is 9.80 Å². The standard InChI is InChI=1S/C21H30N2O4/c1-26-18-9-8-17(15-19(18)27-2)21(25)23-13-11-22(12-14-23)20(24)10-7-16-5-3-4-6-16/h8-9,15-16H,3-7,10-14H2,1-2H3. The zero-order chi connectivity index (χ0) is 19.2. The topological polar surface area (TPSA) is 59.1 Å². The highest BCUT2D eigenvalue weighted by Crippen LogP contribution is 2.29. The number of methoxy groups -OCH3 is 2. The Morgan fingerprint density at radius 3 is 2.22 bits per heavy atom. The molecule has 0 unspecified atom stereocenters. The SMILES string of the molecule is COc1ccc(C(=O)N2CCN(C(=O)CCC3CCCC3)CC2)cc1OC. The second kappa shape index (κ2) is 9.11. The fourth-order valence-corrected chi connectivity index (χ4v) is 4.10. The molecule has 0 radical (unpaired) electrons. The summed E-state index contributed by atoms with van der Waals surface area (Å²) in [7, 11) is 3.13. The molecule has 1 heterocycles. The number of hydrogen-bond donors (Lipinski definition) is 0. The largest absolute Gasteiger partial charge is 0.493 e. The Hall–Kier alpha value is -2.24. The van der Waals surface area contributed by atoms with Crippen molar-refractivity contribution < 1.29 is 19.1 Å². The molecule has 1 aromatic carbocycles. The van der Waals surface area contributed by atoms with Gasteiger partial charge in [0.15, 0.2) is 11.5 Å². The van der Waals surface area contributed by atoms with Gasteiger partial charge < -0.3 is 19.3 Å². The Morgan fingerprint density at radius 1 is 0.963 bits per heavy atom. The third-order valence-corrected chi connectivity index (χ3v) is 5.79. The van der Waals surface area contributed by atoms with Gasteiger partial charge in [0.05, 0.1) is 14.2 Å². The molecule has 0 aromatic heterocycles. The van der Waals surface area contributed by atoms with Crippen LogP contribution < -0.4 is 9.47 Å². The number of carbonyl (C=O) groups is 2. The predicted octanol–water partition coefficient (Wildman–Crippen LogP) is 2.96. The van der Waals surface area contributed by atoms with E-state index in [0.717, 1.165) is 12.3 Å². The fourth-order valence-electron chi connectivity index (χ4n) is 4.10. The Balaban J connectivity index is 1.50. The van der Waals surface area contributed by atoms with Crippen LogP contribution in [0.5, 0.6) is 11.5 Å². The minimum absolute atomic E-state index is 0.0333. The second-order valence-corrected chi connectivity index (χ2v) is 7.43. The molecule has 148 valence electrons. The van der Waals surface area contributed by atoms with Crippen molar-refractivity contribution in [3.63, 3.8) is 0 Å². The molecule has 0 atom stereocenters. The van der Waals surface area contributed by atoms with Gasteiger partial charge in [-0.2, -0.15) is 0 Å². The van der Waals surface area contributed by atoms with Crippen molar-refractivity contribution in [1.29, 1.82) is 0 Å². The monoisotopic (exact) mass is 374 g/mol. The van der Waals surface area contributed by atoms with Gasteiger partial charge in [0, 0.05) is 38.2 Å². The zero-order valence-corrected chi connectivity index (χ0v) is 16.4.